The second-order valence-electron chi connectivity index (χ2n) is 4.31. The summed E-state index contributed by atoms with van der Waals surface area (Å²) in [5, 5.41) is 8.15. The van der Waals surface area contributed by atoms with E-state index in [2.05, 4.69) is 34.2 Å². The molecule has 5 nitrogen and oxygen atoms in total. The van der Waals surface area contributed by atoms with Gasteiger partial charge < -0.3 is 5.32 Å². The van der Waals surface area contributed by atoms with Crippen molar-refractivity contribution in [1.82, 2.24) is 19.7 Å². The maximum atomic E-state index is 4.56. The van der Waals surface area contributed by atoms with Crippen molar-refractivity contribution in [3.05, 3.63) is 24.3 Å². The molecule has 6 heteroatoms. The van der Waals surface area contributed by atoms with Gasteiger partial charge in [-0.05, 0) is 0 Å². The SMILES string of the molecule is CNc1cc(Sc2cnn(C)c2)nc(C(C)C)n1. The normalized spacial score (nSPS) is 10.9. The summed E-state index contributed by atoms with van der Waals surface area (Å²) in [7, 11) is 3.77. The summed E-state index contributed by atoms with van der Waals surface area (Å²) in [6, 6.07) is 1.95. The van der Waals surface area contributed by atoms with Crippen molar-refractivity contribution in [3.63, 3.8) is 0 Å². The van der Waals surface area contributed by atoms with Crippen LogP contribution in [0.5, 0.6) is 0 Å². The molecule has 2 heterocycles. The summed E-state index contributed by atoms with van der Waals surface area (Å²) in [4.78, 5) is 10.1. The molecule has 0 bridgehead atoms. The van der Waals surface area contributed by atoms with E-state index in [1.54, 1.807) is 16.4 Å². The molecule has 0 saturated heterocycles. The van der Waals surface area contributed by atoms with E-state index in [0.717, 1.165) is 21.6 Å². The smallest absolute Gasteiger partial charge is 0.134 e. The van der Waals surface area contributed by atoms with Crippen LogP contribution in [0.25, 0.3) is 0 Å². The summed E-state index contributed by atoms with van der Waals surface area (Å²) in [5.74, 6) is 2.01. The van der Waals surface area contributed by atoms with E-state index >= 15 is 0 Å². The molecule has 0 saturated carbocycles. The highest BCUT2D eigenvalue weighted by atomic mass is 32.2. The maximum Gasteiger partial charge on any atom is 0.134 e. The van der Waals surface area contributed by atoms with Gasteiger partial charge in [0.15, 0.2) is 0 Å². The van der Waals surface area contributed by atoms with Crippen molar-refractivity contribution < 1.29 is 0 Å². The molecule has 96 valence electrons. The second kappa shape index (κ2) is 5.39. The van der Waals surface area contributed by atoms with Crippen LogP contribution in [0, 0.1) is 0 Å². The molecule has 0 aromatic carbocycles. The molecule has 0 aliphatic heterocycles. The minimum atomic E-state index is 0.312. The zero-order valence-corrected chi connectivity index (χ0v) is 11.8. The van der Waals surface area contributed by atoms with Crippen LogP contribution in [-0.2, 0) is 7.05 Å². The van der Waals surface area contributed by atoms with Crippen molar-refractivity contribution in [1.29, 1.82) is 0 Å². The summed E-state index contributed by atoms with van der Waals surface area (Å²) in [6.45, 7) is 4.18. The highest BCUT2D eigenvalue weighted by Gasteiger charge is 2.09. The summed E-state index contributed by atoms with van der Waals surface area (Å²) < 4.78 is 1.78. The molecule has 0 radical (unpaired) electrons. The molecule has 0 aliphatic carbocycles. The Balaban J connectivity index is 2.29. The zero-order chi connectivity index (χ0) is 13.1. The molecular weight excluding hydrogens is 246 g/mol. The van der Waals surface area contributed by atoms with E-state index < -0.39 is 0 Å². The van der Waals surface area contributed by atoms with Gasteiger partial charge in [0.25, 0.3) is 0 Å². The molecule has 0 spiro atoms. The van der Waals surface area contributed by atoms with Crippen molar-refractivity contribution in [3.8, 4) is 0 Å². The first-order valence-electron chi connectivity index (χ1n) is 5.81. The van der Waals surface area contributed by atoms with Gasteiger partial charge in [0.05, 0.1) is 11.1 Å². The lowest BCUT2D eigenvalue weighted by Crippen LogP contribution is -2.02. The van der Waals surface area contributed by atoms with E-state index in [9.17, 15) is 0 Å². The fourth-order valence-electron chi connectivity index (χ4n) is 1.45. The Hall–Kier alpha value is -1.56. The molecule has 1 N–H and O–H groups in total. The quantitative estimate of drug-likeness (QED) is 0.859. The number of anilines is 1. The van der Waals surface area contributed by atoms with E-state index in [0.29, 0.717) is 5.92 Å². The number of nitrogens with one attached hydrogen (secondary N) is 1. The molecule has 0 aliphatic rings. The van der Waals surface area contributed by atoms with Crippen LogP contribution < -0.4 is 5.32 Å². The number of rotatable bonds is 4. The molecule has 18 heavy (non-hydrogen) atoms. The van der Waals surface area contributed by atoms with Crippen molar-refractivity contribution in [2.75, 3.05) is 12.4 Å². The minimum absolute atomic E-state index is 0.312. The van der Waals surface area contributed by atoms with Crippen LogP contribution in [0.1, 0.15) is 25.6 Å². The van der Waals surface area contributed by atoms with Crippen LogP contribution in [0.3, 0.4) is 0 Å². The first-order chi connectivity index (χ1) is 8.58. The third-order valence-corrected chi connectivity index (χ3v) is 3.26. The van der Waals surface area contributed by atoms with Gasteiger partial charge in [-0.15, -0.1) is 0 Å². The fraction of sp³-hybridized carbons (Fsp3) is 0.417. The fourth-order valence-corrected chi connectivity index (χ4v) is 2.31. The Labute approximate surface area is 111 Å². The Morgan fingerprint density at radius 2 is 2.11 bits per heavy atom. The van der Waals surface area contributed by atoms with Gasteiger partial charge >= 0.3 is 0 Å². The van der Waals surface area contributed by atoms with Gasteiger partial charge in [-0.25, -0.2) is 9.97 Å². The molecule has 2 rings (SSSR count). The summed E-state index contributed by atoms with van der Waals surface area (Å²) in [5.41, 5.74) is 0. The molecule has 0 unspecified atom stereocenters. The molecule has 2 aromatic rings. The number of hydrogen-bond donors (Lipinski definition) is 1. The van der Waals surface area contributed by atoms with Crippen molar-refractivity contribution in [2.45, 2.75) is 29.7 Å². The number of hydrogen-bond acceptors (Lipinski definition) is 5. The first kappa shape index (κ1) is 12.9. The van der Waals surface area contributed by atoms with Crippen LogP contribution in [0.15, 0.2) is 28.4 Å². The number of aryl methyl sites for hydroxylation is 1. The predicted molar refractivity (Wildman–Crippen MR) is 73.0 cm³/mol. The van der Waals surface area contributed by atoms with Crippen molar-refractivity contribution >= 4 is 17.6 Å². The van der Waals surface area contributed by atoms with Gasteiger partial charge in [-0.1, -0.05) is 25.6 Å². The van der Waals surface area contributed by atoms with Gasteiger partial charge in [0.2, 0.25) is 0 Å². The van der Waals surface area contributed by atoms with Gasteiger partial charge in [0, 0.05) is 32.3 Å². The van der Waals surface area contributed by atoms with E-state index in [1.165, 1.54) is 0 Å². The topological polar surface area (TPSA) is 55.6 Å². The summed E-state index contributed by atoms with van der Waals surface area (Å²) >= 11 is 1.60. The zero-order valence-electron chi connectivity index (χ0n) is 11.0. The van der Waals surface area contributed by atoms with E-state index in [-0.39, 0.29) is 0 Å². The number of aromatic nitrogens is 4. The Bertz CT molecular complexity index is 535. The molecule has 0 fully saturated rings. The largest absolute Gasteiger partial charge is 0.373 e. The lowest BCUT2D eigenvalue weighted by atomic mass is 10.2. The highest BCUT2D eigenvalue weighted by Crippen LogP contribution is 2.27. The predicted octanol–water partition coefficient (Wildman–Crippen LogP) is 2.53. The van der Waals surface area contributed by atoms with Crippen LogP contribution in [0.4, 0.5) is 5.82 Å². The third kappa shape index (κ3) is 3.01. The molecule has 2 aromatic heterocycles. The van der Waals surface area contributed by atoms with E-state index in [1.807, 2.05) is 32.6 Å². The Morgan fingerprint density at radius 1 is 1.33 bits per heavy atom. The lowest BCUT2D eigenvalue weighted by molar-refractivity contribution is 0.755. The molecule has 0 amide bonds. The van der Waals surface area contributed by atoms with Crippen molar-refractivity contribution in [2.24, 2.45) is 7.05 Å². The van der Waals surface area contributed by atoms with Crippen LogP contribution in [0.2, 0.25) is 0 Å². The monoisotopic (exact) mass is 263 g/mol. The van der Waals surface area contributed by atoms with Gasteiger partial charge in [-0.3, -0.25) is 4.68 Å². The lowest BCUT2D eigenvalue weighted by Gasteiger charge is -2.08. The van der Waals surface area contributed by atoms with Crippen LogP contribution >= 0.6 is 11.8 Å². The average Bonchev–Trinajstić information content (AvgIpc) is 2.74. The number of nitrogens with zero attached hydrogens (tertiary/aromatic N) is 4. The molecule has 0 atom stereocenters. The highest BCUT2D eigenvalue weighted by molar-refractivity contribution is 7.99. The third-order valence-electron chi connectivity index (χ3n) is 2.40. The van der Waals surface area contributed by atoms with Gasteiger partial charge in [-0.2, -0.15) is 5.10 Å². The summed E-state index contributed by atoms with van der Waals surface area (Å²) in [6.07, 6.45) is 3.81. The average molecular weight is 263 g/mol. The van der Waals surface area contributed by atoms with Crippen LogP contribution in [-0.4, -0.2) is 26.8 Å². The van der Waals surface area contributed by atoms with Gasteiger partial charge in [0.1, 0.15) is 16.7 Å². The minimum Gasteiger partial charge on any atom is -0.373 e. The standard InChI is InChI=1S/C12H17N5S/c1-8(2)12-15-10(13-3)5-11(16-12)18-9-6-14-17(4)7-9/h5-8H,1-4H3,(H,13,15,16). The first-order valence-corrected chi connectivity index (χ1v) is 6.63. The Kier molecular flexibility index (Phi) is 3.86. The molecular formula is C12H17N5S. The Morgan fingerprint density at radius 3 is 2.67 bits per heavy atom. The second-order valence-corrected chi connectivity index (χ2v) is 5.40. The van der Waals surface area contributed by atoms with E-state index in [4.69, 9.17) is 0 Å². The maximum absolute atomic E-state index is 4.56.